The Kier molecular flexibility index (Phi) is 5.02. The van der Waals surface area contributed by atoms with Crippen LogP contribution in [0.15, 0.2) is 53.3 Å². The van der Waals surface area contributed by atoms with Crippen molar-refractivity contribution in [3.8, 4) is 0 Å². The average molecular weight is 416 g/mol. The van der Waals surface area contributed by atoms with E-state index in [1.807, 2.05) is 0 Å². The van der Waals surface area contributed by atoms with Crippen molar-refractivity contribution in [3.05, 3.63) is 77.0 Å². The van der Waals surface area contributed by atoms with Crippen molar-refractivity contribution < 1.29 is 14.0 Å². The number of hydrogen-bond acceptors (Lipinski definition) is 6. The van der Waals surface area contributed by atoms with E-state index in [1.165, 1.54) is 17.4 Å². The van der Waals surface area contributed by atoms with Crippen LogP contribution in [0.1, 0.15) is 50.1 Å². The van der Waals surface area contributed by atoms with Gasteiger partial charge in [-0.05, 0) is 37.0 Å². The molecule has 0 unspecified atom stereocenters. The van der Waals surface area contributed by atoms with Crippen molar-refractivity contribution >= 4 is 17.6 Å². The number of Topliss-reactive ketones (excluding diaryl/α,β-unsaturated/α-hetero) is 1. The highest BCUT2D eigenvalue weighted by atomic mass is 16.3. The topological polar surface area (TPSA) is 79.5 Å². The van der Waals surface area contributed by atoms with E-state index in [9.17, 15) is 9.59 Å². The Balaban J connectivity index is 1.30. The monoisotopic (exact) mass is 416 g/mol. The number of anilines is 1. The van der Waals surface area contributed by atoms with Gasteiger partial charge in [-0.3, -0.25) is 9.59 Å². The van der Waals surface area contributed by atoms with Crippen LogP contribution in [0.25, 0.3) is 0 Å². The molecule has 1 atom stereocenters. The minimum Gasteiger partial charge on any atom is -0.459 e. The molecule has 1 amide bonds. The molecule has 0 saturated carbocycles. The second-order valence-corrected chi connectivity index (χ2v) is 8.23. The number of aryl methyl sites for hydroxylation is 1. The highest BCUT2D eigenvalue weighted by molar-refractivity contribution is 5.98. The summed E-state index contributed by atoms with van der Waals surface area (Å²) in [6.07, 6.45) is 4.41. The molecular weight excluding hydrogens is 392 g/mol. The van der Waals surface area contributed by atoms with Gasteiger partial charge in [0.05, 0.1) is 17.5 Å². The van der Waals surface area contributed by atoms with Crippen LogP contribution in [-0.2, 0) is 6.42 Å². The van der Waals surface area contributed by atoms with E-state index in [1.54, 1.807) is 23.2 Å². The van der Waals surface area contributed by atoms with Crippen molar-refractivity contribution in [2.75, 3.05) is 31.1 Å². The van der Waals surface area contributed by atoms with Crippen LogP contribution in [0.2, 0.25) is 0 Å². The zero-order valence-electron chi connectivity index (χ0n) is 17.5. The fourth-order valence-electron chi connectivity index (χ4n) is 4.33. The fourth-order valence-corrected chi connectivity index (χ4v) is 4.33. The van der Waals surface area contributed by atoms with Crippen LogP contribution in [-0.4, -0.2) is 52.7 Å². The summed E-state index contributed by atoms with van der Waals surface area (Å²) in [6, 6.07) is 11.8. The molecule has 5 rings (SSSR count). The van der Waals surface area contributed by atoms with Crippen molar-refractivity contribution in [3.63, 3.8) is 0 Å². The Morgan fingerprint density at radius 3 is 2.55 bits per heavy atom. The van der Waals surface area contributed by atoms with E-state index < -0.39 is 0 Å². The zero-order valence-corrected chi connectivity index (χ0v) is 17.5. The quantitative estimate of drug-likeness (QED) is 0.652. The highest BCUT2D eigenvalue weighted by Gasteiger charge is 2.30. The third kappa shape index (κ3) is 3.83. The molecule has 0 spiro atoms. The number of hydrogen-bond donors (Lipinski definition) is 0. The molecule has 1 aliphatic carbocycles. The lowest BCUT2D eigenvalue weighted by atomic mass is 9.82. The van der Waals surface area contributed by atoms with Gasteiger partial charge in [-0.2, -0.15) is 0 Å². The van der Waals surface area contributed by atoms with Gasteiger partial charge in [0.25, 0.3) is 5.91 Å². The van der Waals surface area contributed by atoms with E-state index >= 15 is 0 Å². The lowest BCUT2D eigenvalue weighted by molar-refractivity contribution is 0.0714. The molecule has 2 aromatic heterocycles. The van der Waals surface area contributed by atoms with Gasteiger partial charge in [-0.15, -0.1) is 0 Å². The molecule has 0 radical (unpaired) electrons. The molecule has 1 saturated heterocycles. The summed E-state index contributed by atoms with van der Waals surface area (Å²) in [4.78, 5) is 38.3. The van der Waals surface area contributed by atoms with Gasteiger partial charge in [0.2, 0.25) is 5.95 Å². The summed E-state index contributed by atoms with van der Waals surface area (Å²) in [6.45, 7) is 4.49. The maximum atomic E-state index is 12.7. The van der Waals surface area contributed by atoms with Crippen LogP contribution < -0.4 is 4.90 Å². The second kappa shape index (κ2) is 7.98. The number of furan rings is 1. The number of ketones is 1. The third-order valence-corrected chi connectivity index (χ3v) is 6.16. The summed E-state index contributed by atoms with van der Waals surface area (Å²) in [5, 5.41) is 0. The average Bonchev–Trinajstić information content (AvgIpc) is 3.34. The van der Waals surface area contributed by atoms with Crippen LogP contribution in [0.4, 0.5) is 5.95 Å². The van der Waals surface area contributed by atoms with Gasteiger partial charge in [-0.25, -0.2) is 9.97 Å². The van der Waals surface area contributed by atoms with E-state index in [4.69, 9.17) is 9.40 Å². The van der Waals surface area contributed by atoms with Crippen LogP contribution in [0.5, 0.6) is 0 Å². The first kappa shape index (κ1) is 19.5. The molecule has 2 aliphatic rings. The number of amides is 1. The first-order valence-corrected chi connectivity index (χ1v) is 10.6. The Hall–Kier alpha value is -3.48. The molecule has 158 valence electrons. The summed E-state index contributed by atoms with van der Waals surface area (Å²) in [5.41, 5.74) is 3.84. The molecule has 3 heterocycles. The predicted molar refractivity (Wildman–Crippen MR) is 115 cm³/mol. The molecule has 0 bridgehead atoms. The van der Waals surface area contributed by atoms with E-state index in [0.717, 1.165) is 12.1 Å². The van der Waals surface area contributed by atoms with Crippen LogP contribution >= 0.6 is 0 Å². The molecule has 7 nitrogen and oxygen atoms in total. The number of rotatable bonds is 3. The molecule has 7 heteroatoms. The van der Waals surface area contributed by atoms with E-state index in [-0.39, 0.29) is 17.6 Å². The molecule has 1 aliphatic heterocycles. The molecule has 1 fully saturated rings. The standard InChI is InChI=1S/C24H24N4O3/c1-16-4-6-17(7-5-16)18-13-20-19(21(29)14-18)15-25-24(26-20)28-10-8-27(9-11-28)23(30)22-3-2-12-31-22/h2-7,12,15,18H,8-11,13-14H2,1H3/t18-/m0/s1. The molecular formula is C24H24N4O3. The second-order valence-electron chi connectivity index (χ2n) is 8.23. The van der Waals surface area contributed by atoms with Crippen molar-refractivity contribution in [1.29, 1.82) is 0 Å². The van der Waals surface area contributed by atoms with Gasteiger partial charge in [0.1, 0.15) is 0 Å². The Morgan fingerprint density at radius 1 is 1.06 bits per heavy atom. The summed E-state index contributed by atoms with van der Waals surface area (Å²) in [7, 11) is 0. The number of carbonyl (C=O) groups excluding carboxylic acids is 2. The van der Waals surface area contributed by atoms with Crippen molar-refractivity contribution in [2.24, 2.45) is 0 Å². The van der Waals surface area contributed by atoms with E-state index in [0.29, 0.717) is 49.9 Å². The predicted octanol–water partition coefficient (Wildman–Crippen LogP) is 3.25. The van der Waals surface area contributed by atoms with Gasteiger partial charge < -0.3 is 14.2 Å². The molecule has 31 heavy (non-hydrogen) atoms. The first-order chi connectivity index (χ1) is 15.1. The first-order valence-electron chi connectivity index (χ1n) is 10.6. The van der Waals surface area contributed by atoms with Gasteiger partial charge in [0.15, 0.2) is 11.5 Å². The number of nitrogens with zero attached hydrogens (tertiary/aromatic N) is 4. The maximum Gasteiger partial charge on any atom is 0.289 e. The van der Waals surface area contributed by atoms with Crippen molar-refractivity contribution in [2.45, 2.75) is 25.7 Å². The lowest BCUT2D eigenvalue weighted by Crippen LogP contribution is -2.49. The van der Waals surface area contributed by atoms with Gasteiger partial charge >= 0.3 is 0 Å². The molecule has 3 aromatic rings. The summed E-state index contributed by atoms with van der Waals surface area (Å²) < 4.78 is 5.22. The smallest absolute Gasteiger partial charge is 0.289 e. The SMILES string of the molecule is Cc1ccc([C@@H]2CC(=O)c3cnc(N4CCN(C(=O)c5ccco5)CC4)nc3C2)cc1. The Morgan fingerprint density at radius 2 is 1.84 bits per heavy atom. The lowest BCUT2D eigenvalue weighted by Gasteiger charge is -2.34. The Labute approximate surface area is 180 Å². The normalized spacial score (nSPS) is 18.7. The van der Waals surface area contributed by atoms with Gasteiger partial charge in [-0.1, -0.05) is 29.8 Å². The number of piperazine rings is 1. The fraction of sp³-hybridized carbons (Fsp3) is 0.333. The number of carbonyl (C=O) groups is 2. The minimum atomic E-state index is -0.0949. The Bertz CT molecular complexity index is 1100. The maximum absolute atomic E-state index is 12.7. The van der Waals surface area contributed by atoms with Crippen LogP contribution in [0.3, 0.4) is 0 Å². The van der Waals surface area contributed by atoms with Gasteiger partial charge in [0, 0.05) is 38.8 Å². The van der Waals surface area contributed by atoms with E-state index in [2.05, 4.69) is 41.1 Å². The minimum absolute atomic E-state index is 0.0949. The summed E-state index contributed by atoms with van der Waals surface area (Å²) >= 11 is 0. The zero-order chi connectivity index (χ0) is 21.4. The third-order valence-electron chi connectivity index (χ3n) is 6.16. The number of benzene rings is 1. The van der Waals surface area contributed by atoms with Crippen molar-refractivity contribution in [1.82, 2.24) is 14.9 Å². The summed E-state index contributed by atoms with van der Waals surface area (Å²) in [5.74, 6) is 1.14. The number of fused-ring (bicyclic) bond motifs is 1. The number of aromatic nitrogens is 2. The molecule has 0 N–H and O–H groups in total. The largest absolute Gasteiger partial charge is 0.459 e. The van der Waals surface area contributed by atoms with Crippen LogP contribution in [0, 0.1) is 6.92 Å². The molecule has 1 aromatic carbocycles. The highest BCUT2D eigenvalue weighted by Crippen LogP contribution is 2.32.